The number of esters is 1. The maximum Gasteiger partial charge on any atom is 0.340 e. The van der Waals surface area contributed by atoms with Crippen LogP contribution in [0.4, 0.5) is 11.4 Å². The van der Waals surface area contributed by atoms with Crippen LogP contribution in [0.1, 0.15) is 40.1 Å². The summed E-state index contributed by atoms with van der Waals surface area (Å²) in [6, 6.07) is 5.16. The third-order valence-corrected chi connectivity index (χ3v) is 4.06. The summed E-state index contributed by atoms with van der Waals surface area (Å²) < 4.78 is 5.07. The van der Waals surface area contributed by atoms with Gasteiger partial charge in [-0.25, -0.2) is 9.78 Å². The number of carbonyl (C=O) groups is 1. The smallest absolute Gasteiger partial charge is 0.340 e. The topological polar surface area (TPSA) is 77.2 Å². The van der Waals surface area contributed by atoms with E-state index in [-0.39, 0.29) is 12.0 Å². The quantitative estimate of drug-likeness (QED) is 0.654. The number of aryl methyl sites for hydroxylation is 1. The molecule has 0 spiro atoms. The Hall–Kier alpha value is -2.08. The number of ether oxygens (including phenoxy) is 1. The van der Waals surface area contributed by atoms with Crippen molar-refractivity contribution in [3.8, 4) is 0 Å². The zero-order chi connectivity index (χ0) is 15.4. The summed E-state index contributed by atoms with van der Waals surface area (Å²) in [6.07, 6.45) is 1.83. The summed E-state index contributed by atoms with van der Waals surface area (Å²) in [5, 5.41) is 4.22. The van der Waals surface area contributed by atoms with E-state index in [9.17, 15) is 4.79 Å². The van der Waals surface area contributed by atoms with Gasteiger partial charge in [0.05, 0.1) is 29.6 Å². The number of hydrogen-bond donors (Lipinski definition) is 2. The summed E-state index contributed by atoms with van der Waals surface area (Å²) in [6.45, 7) is 6.10. The lowest BCUT2D eigenvalue weighted by atomic mass is 10.1. The van der Waals surface area contributed by atoms with Crippen molar-refractivity contribution in [1.82, 2.24) is 4.98 Å². The van der Waals surface area contributed by atoms with E-state index >= 15 is 0 Å². The van der Waals surface area contributed by atoms with Gasteiger partial charge in [-0.15, -0.1) is 11.3 Å². The highest BCUT2D eigenvalue weighted by atomic mass is 32.1. The first-order valence-electron chi connectivity index (χ1n) is 6.77. The molecule has 1 aromatic heterocycles. The van der Waals surface area contributed by atoms with Crippen molar-refractivity contribution >= 4 is 28.7 Å². The van der Waals surface area contributed by atoms with Crippen LogP contribution in [-0.2, 0) is 4.74 Å². The SMILES string of the molecule is CCOC(=O)c1cccc(N)c1NC(C)c1ncc(C)s1. The minimum absolute atomic E-state index is 0.0402. The van der Waals surface area contributed by atoms with Gasteiger partial charge in [-0.05, 0) is 32.9 Å². The van der Waals surface area contributed by atoms with Gasteiger partial charge >= 0.3 is 5.97 Å². The first kappa shape index (κ1) is 15.3. The van der Waals surface area contributed by atoms with Gasteiger partial charge in [-0.2, -0.15) is 0 Å². The molecule has 0 saturated carbocycles. The molecule has 0 radical (unpaired) electrons. The molecule has 5 nitrogen and oxygen atoms in total. The number of nitrogen functional groups attached to an aromatic ring is 1. The number of aromatic nitrogens is 1. The molecular weight excluding hydrogens is 286 g/mol. The van der Waals surface area contributed by atoms with E-state index in [2.05, 4.69) is 10.3 Å². The van der Waals surface area contributed by atoms with E-state index in [0.717, 1.165) is 9.88 Å². The molecule has 0 bridgehead atoms. The number of hydrogen-bond acceptors (Lipinski definition) is 6. The fourth-order valence-corrected chi connectivity index (χ4v) is 2.74. The molecule has 0 fully saturated rings. The minimum Gasteiger partial charge on any atom is -0.462 e. The number of nitrogens with zero attached hydrogens (tertiary/aromatic N) is 1. The lowest BCUT2D eigenvalue weighted by Gasteiger charge is -2.17. The molecule has 2 aromatic rings. The predicted molar refractivity (Wildman–Crippen MR) is 85.7 cm³/mol. The van der Waals surface area contributed by atoms with Crippen molar-refractivity contribution < 1.29 is 9.53 Å². The largest absolute Gasteiger partial charge is 0.462 e. The van der Waals surface area contributed by atoms with E-state index in [4.69, 9.17) is 10.5 Å². The maximum absolute atomic E-state index is 12.0. The van der Waals surface area contributed by atoms with Crippen LogP contribution in [0.5, 0.6) is 0 Å². The molecule has 0 aliphatic heterocycles. The fourth-order valence-electron chi connectivity index (χ4n) is 1.96. The average molecular weight is 305 g/mol. The van der Waals surface area contributed by atoms with Crippen LogP contribution in [0.15, 0.2) is 24.4 Å². The van der Waals surface area contributed by atoms with Crippen molar-refractivity contribution in [2.24, 2.45) is 0 Å². The Labute approximate surface area is 128 Å². The molecule has 3 N–H and O–H groups in total. The Kier molecular flexibility index (Phi) is 4.80. The highest BCUT2D eigenvalue weighted by Crippen LogP contribution is 2.30. The number of rotatable bonds is 5. The lowest BCUT2D eigenvalue weighted by Crippen LogP contribution is -2.14. The Morgan fingerprint density at radius 3 is 2.90 bits per heavy atom. The molecule has 6 heteroatoms. The number of nitrogens with one attached hydrogen (secondary N) is 1. The number of anilines is 2. The third kappa shape index (κ3) is 3.52. The minimum atomic E-state index is -0.380. The van der Waals surface area contributed by atoms with Gasteiger partial charge < -0.3 is 15.8 Å². The van der Waals surface area contributed by atoms with Gasteiger partial charge in [-0.1, -0.05) is 6.07 Å². The number of thiazole rings is 1. The van der Waals surface area contributed by atoms with Gasteiger partial charge in [0.2, 0.25) is 0 Å². The highest BCUT2D eigenvalue weighted by molar-refractivity contribution is 7.11. The lowest BCUT2D eigenvalue weighted by molar-refractivity contribution is 0.0527. The average Bonchev–Trinajstić information content (AvgIpc) is 2.88. The zero-order valence-corrected chi connectivity index (χ0v) is 13.2. The predicted octanol–water partition coefficient (Wildman–Crippen LogP) is 3.38. The second-order valence-corrected chi connectivity index (χ2v) is 5.93. The number of para-hydroxylation sites is 1. The van der Waals surface area contributed by atoms with Gasteiger partial charge in [0, 0.05) is 11.1 Å². The zero-order valence-electron chi connectivity index (χ0n) is 12.3. The van der Waals surface area contributed by atoms with Crippen molar-refractivity contribution in [3.63, 3.8) is 0 Å². The molecule has 1 heterocycles. The standard InChI is InChI=1S/C15H19N3O2S/c1-4-20-15(19)11-6-5-7-12(16)13(11)18-10(3)14-17-8-9(2)21-14/h5-8,10,18H,4,16H2,1-3H3. The van der Waals surface area contributed by atoms with E-state index in [0.29, 0.717) is 23.5 Å². The van der Waals surface area contributed by atoms with E-state index < -0.39 is 0 Å². The van der Waals surface area contributed by atoms with E-state index in [1.165, 1.54) is 0 Å². The molecule has 1 aromatic carbocycles. The van der Waals surface area contributed by atoms with Crippen molar-refractivity contribution in [3.05, 3.63) is 39.8 Å². The van der Waals surface area contributed by atoms with Crippen LogP contribution in [0.2, 0.25) is 0 Å². The van der Waals surface area contributed by atoms with Crippen molar-refractivity contribution in [1.29, 1.82) is 0 Å². The summed E-state index contributed by atoms with van der Waals surface area (Å²) in [7, 11) is 0. The molecule has 21 heavy (non-hydrogen) atoms. The summed E-state index contributed by atoms with van der Waals surface area (Å²) in [5.74, 6) is -0.380. The van der Waals surface area contributed by atoms with Crippen LogP contribution in [0.25, 0.3) is 0 Å². The molecule has 112 valence electrons. The van der Waals surface area contributed by atoms with E-state index in [1.807, 2.05) is 20.0 Å². The van der Waals surface area contributed by atoms with Gasteiger partial charge in [0.1, 0.15) is 5.01 Å². The van der Waals surface area contributed by atoms with E-state index in [1.54, 1.807) is 36.5 Å². The van der Waals surface area contributed by atoms with Crippen LogP contribution >= 0.6 is 11.3 Å². The van der Waals surface area contributed by atoms with Gasteiger partial charge in [0.15, 0.2) is 0 Å². The molecule has 0 amide bonds. The Bertz CT molecular complexity index is 640. The van der Waals surface area contributed by atoms with Crippen molar-refractivity contribution in [2.45, 2.75) is 26.8 Å². The third-order valence-electron chi connectivity index (χ3n) is 2.96. The molecule has 2 rings (SSSR count). The first-order chi connectivity index (χ1) is 10.0. The first-order valence-corrected chi connectivity index (χ1v) is 7.59. The van der Waals surface area contributed by atoms with Crippen LogP contribution in [-0.4, -0.2) is 17.6 Å². The van der Waals surface area contributed by atoms with Gasteiger partial charge in [0.25, 0.3) is 0 Å². The molecule has 1 atom stereocenters. The summed E-state index contributed by atoms with van der Waals surface area (Å²) in [5.41, 5.74) is 7.55. The molecule has 1 unspecified atom stereocenters. The monoisotopic (exact) mass is 305 g/mol. The Morgan fingerprint density at radius 1 is 1.52 bits per heavy atom. The second kappa shape index (κ2) is 6.58. The molecule has 0 saturated heterocycles. The fraction of sp³-hybridized carbons (Fsp3) is 0.333. The Balaban J connectivity index is 2.28. The van der Waals surface area contributed by atoms with Crippen LogP contribution in [0.3, 0.4) is 0 Å². The van der Waals surface area contributed by atoms with Crippen LogP contribution < -0.4 is 11.1 Å². The van der Waals surface area contributed by atoms with Crippen LogP contribution in [0, 0.1) is 6.92 Å². The summed E-state index contributed by atoms with van der Waals surface area (Å²) >= 11 is 1.61. The molecule has 0 aliphatic rings. The number of carbonyl (C=O) groups excluding carboxylic acids is 1. The van der Waals surface area contributed by atoms with Gasteiger partial charge in [-0.3, -0.25) is 0 Å². The highest BCUT2D eigenvalue weighted by Gasteiger charge is 2.18. The maximum atomic E-state index is 12.0. The number of benzene rings is 1. The normalized spacial score (nSPS) is 12.0. The molecular formula is C15H19N3O2S. The second-order valence-electron chi connectivity index (χ2n) is 4.67. The van der Waals surface area contributed by atoms with Crippen molar-refractivity contribution in [2.75, 3.05) is 17.7 Å². The molecule has 0 aliphatic carbocycles. The summed E-state index contributed by atoms with van der Waals surface area (Å²) in [4.78, 5) is 17.5. The number of nitrogens with two attached hydrogens (primary N) is 1. The Morgan fingerprint density at radius 2 is 2.29 bits per heavy atom.